The highest BCUT2D eigenvalue weighted by molar-refractivity contribution is 5.94. The van der Waals surface area contributed by atoms with Gasteiger partial charge in [-0.2, -0.15) is 0 Å². The van der Waals surface area contributed by atoms with E-state index in [2.05, 4.69) is 0 Å². The molecule has 0 bridgehead atoms. The average molecular weight is 370 g/mol. The molecule has 3 heterocycles. The molecule has 27 heavy (non-hydrogen) atoms. The van der Waals surface area contributed by atoms with Crippen molar-refractivity contribution >= 4 is 11.8 Å². The first-order valence-corrected chi connectivity index (χ1v) is 9.36. The molecule has 2 fully saturated rings. The van der Waals surface area contributed by atoms with Crippen molar-refractivity contribution in [3.05, 3.63) is 59.3 Å². The number of carbonyl (C=O) groups is 2. The standard InChI is InChI=1S/C21H23FN2O3/c1-15-7-12-27-18(15)19(25)24-11-9-21(14-24)8-2-10-23(20(21)26)13-16-3-5-17(22)6-4-16/h3-7,12H,2,8-11,13-14H2,1H3. The van der Waals surface area contributed by atoms with Gasteiger partial charge in [0.25, 0.3) is 5.91 Å². The van der Waals surface area contributed by atoms with Crippen LogP contribution in [0.2, 0.25) is 0 Å². The summed E-state index contributed by atoms with van der Waals surface area (Å²) in [6, 6.07) is 8.04. The number of halogens is 1. The number of hydrogen-bond acceptors (Lipinski definition) is 3. The number of furan rings is 1. The van der Waals surface area contributed by atoms with Gasteiger partial charge >= 0.3 is 0 Å². The predicted octanol–water partition coefficient (Wildman–Crippen LogP) is 3.38. The van der Waals surface area contributed by atoms with E-state index in [1.165, 1.54) is 18.4 Å². The van der Waals surface area contributed by atoms with Crippen LogP contribution in [0.25, 0.3) is 0 Å². The molecule has 2 aliphatic rings. The van der Waals surface area contributed by atoms with Crippen LogP contribution in [0.1, 0.15) is 40.9 Å². The first-order valence-electron chi connectivity index (χ1n) is 9.36. The largest absolute Gasteiger partial charge is 0.459 e. The minimum absolute atomic E-state index is 0.101. The number of benzene rings is 1. The van der Waals surface area contributed by atoms with Crippen LogP contribution in [0.5, 0.6) is 0 Å². The Balaban J connectivity index is 1.48. The fourth-order valence-electron chi connectivity index (χ4n) is 4.27. The third-order valence-electron chi connectivity index (χ3n) is 5.81. The number of aryl methyl sites for hydroxylation is 1. The van der Waals surface area contributed by atoms with E-state index in [-0.39, 0.29) is 17.6 Å². The molecule has 1 aromatic carbocycles. The molecule has 2 aromatic rings. The van der Waals surface area contributed by atoms with Crippen LogP contribution in [0.4, 0.5) is 4.39 Å². The van der Waals surface area contributed by atoms with E-state index in [9.17, 15) is 14.0 Å². The van der Waals surface area contributed by atoms with Crippen molar-refractivity contribution in [1.29, 1.82) is 0 Å². The van der Waals surface area contributed by atoms with E-state index in [4.69, 9.17) is 4.42 Å². The molecule has 0 radical (unpaired) electrons. The number of amides is 2. The Bertz CT molecular complexity index is 861. The number of rotatable bonds is 3. The molecule has 4 rings (SSSR count). The van der Waals surface area contributed by atoms with E-state index in [0.29, 0.717) is 38.4 Å². The summed E-state index contributed by atoms with van der Waals surface area (Å²) in [4.78, 5) is 29.6. The minimum atomic E-state index is -0.506. The summed E-state index contributed by atoms with van der Waals surface area (Å²) >= 11 is 0. The second-order valence-electron chi connectivity index (χ2n) is 7.65. The fourth-order valence-corrected chi connectivity index (χ4v) is 4.27. The summed E-state index contributed by atoms with van der Waals surface area (Å²) in [7, 11) is 0. The van der Waals surface area contributed by atoms with E-state index in [1.807, 2.05) is 11.8 Å². The Labute approximate surface area is 157 Å². The Morgan fingerprint density at radius 1 is 1.19 bits per heavy atom. The monoisotopic (exact) mass is 370 g/mol. The van der Waals surface area contributed by atoms with Gasteiger partial charge in [0.1, 0.15) is 5.82 Å². The normalized spacial score (nSPS) is 22.7. The van der Waals surface area contributed by atoms with Gasteiger partial charge in [0.2, 0.25) is 5.91 Å². The van der Waals surface area contributed by atoms with E-state index in [1.54, 1.807) is 23.1 Å². The van der Waals surface area contributed by atoms with Gasteiger partial charge in [0.05, 0.1) is 11.7 Å². The van der Waals surface area contributed by atoms with Gasteiger partial charge in [0.15, 0.2) is 5.76 Å². The molecule has 2 amide bonds. The van der Waals surface area contributed by atoms with Gasteiger partial charge < -0.3 is 14.2 Å². The summed E-state index contributed by atoms with van der Waals surface area (Å²) in [5.41, 5.74) is 1.22. The highest BCUT2D eigenvalue weighted by Crippen LogP contribution is 2.41. The minimum Gasteiger partial charge on any atom is -0.459 e. The lowest BCUT2D eigenvalue weighted by atomic mass is 9.78. The maximum absolute atomic E-state index is 13.2. The number of hydrogen-bond donors (Lipinski definition) is 0. The molecular weight excluding hydrogens is 347 g/mol. The van der Waals surface area contributed by atoms with Gasteiger partial charge in [-0.05, 0) is 49.9 Å². The second-order valence-corrected chi connectivity index (χ2v) is 7.65. The summed E-state index contributed by atoms with van der Waals surface area (Å²) in [5.74, 6) is 0.0409. The Kier molecular flexibility index (Phi) is 4.50. The molecule has 2 aliphatic heterocycles. The van der Waals surface area contributed by atoms with Crippen LogP contribution in [-0.2, 0) is 11.3 Å². The van der Waals surface area contributed by atoms with E-state index >= 15 is 0 Å². The van der Waals surface area contributed by atoms with Crippen molar-refractivity contribution in [2.45, 2.75) is 32.7 Å². The van der Waals surface area contributed by atoms with E-state index < -0.39 is 5.41 Å². The fraction of sp³-hybridized carbons (Fsp3) is 0.429. The lowest BCUT2D eigenvalue weighted by molar-refractivity contribution is -0.146. The first kappa shape index (κ1) is 17.8. The van der Waals surface area contributed by atoms with Crippen LogP contribution in [0.3, 0.4) is 0 Å². The number of piperidine rings is 1. The molecule has 0 N–H and O–H groups in total. The van der Waals surface area contributed by atoms with Crippen molar-refractivity contribution in [3.63, 3.8) is 0 Å². The lowest BCUT2D eigenvalue weighted by Gasteiger charge is -2.39. The molecule has 2 saturated heterocycles. The molecule has 1 spiro atoms. The smallest absolute Gasteiger partial charge is 0.289 e. The Hall–Kier alpha value is -2.63. The Morgan fingerprint density at radius 2 is 1.96 bits per heavy atom. The van der Waals surface area contributed by atoms with Gasteiger partial charge in [0, 0.05) is 31.7 Å². The third-order valence-corrected chi connectivity index (χ3v) is 5.81. The van der Waals surface area contributed by atoms with Crippen LogP contribution in [-0.4, -0.2) is 41.2 Å². The second kappa shape index (κ2) is 6.83. The first-order chi connectivity index (χ1) is 13.0. The van der Waals surface area contributed by atoms with Crippen molar-refractivity contribution in [2.75, 3.05) is 19.6 Å². The maximum atomic E-state index is 13.2. The molecular formula is C21H23FN2O3. The third kappa shape index (κ3) is 3.24. The Morgan fingerprint density at radius 3 is 2.67 bits per heavy atom. The van der Waals surface area contributed by atoms with Crippen molar-refractivity contribution in [2.24, 2.45) is 5.41 Å². The molecule has 1 unspecified atom stereocenters. The van der Waals surface area contributed by atoms with Gasteiger partial charge in [-0.1, -0.05) is 12.1 Å². The van der Waals surface area contributed by atoms with Crippen LogP contribution < -0.4 is 0 Å². The summed E-state index contributed by atoms with van der Waals surface area (Å²) < 4.78 is 18.5. The SMILES string of the molecule is Cc1ccoc1C(=O)N1CCC2(CCCN(Cc3ccc(F)cc3)C2=O)C1. The predicted molar refractivity (Wildman–Crippen MR) is 97.4 cm³/mol. The maximum Gasteiger partial charge on any atom is 0.289 e. The van der Waals surface area contributed by atoms with Gasteiger partial charge in [-0.25, -0.2) is 4.39 Å². The summed E-state index contributed by atoms with van der Waals surface area (Å²) in [6.07, 6.45) is 3.91. The molecule has 1 atom stereocenters. The zero-order valence-electron chi connectivity index (χ0n) is 15.4. The molecule has 0 aliphatic carbocycles. The molecule has 5 nitrogen and oxygen atoms in total. The van der Waals surface area contributed by atoms with Crippen molar-refractivity contribution < 1.29 is 18.4 Å². The van der Waals surface area contributed by atoms with Crippen LogP contribution >= 0.6 is 0 Å². The van der Waals surface area contributed by atoms with Gasteiger partial charge in [-0.3, -0.25) is 9.59 Å². The van der Waals surface area contributed by atoms with E-state index in [0.717, 1.165) is 24.0 Å². The van der Waals surface area contributed by atoms with Crippen LogP contribution in [0, 0.1) is 18.2 Å². The molecule has 6 heteroatoms. The number of likely N-dealkylation sites (tertiary alicyclic amines) is 2. The van der Waals surface area contributed by atoms with Gasteiger partial charge in [-0.15, -0.1) is 0 Å². The molecule has 1 aromatic heterocycles. The summed E-state index contributed by atoms with van der Waals surface area (Å²) in [6.45, 7) is 4.02. The van der Waals surface area contributed by atoms with Crippen molar-refractivity contribution in [1.82, 2.24) is 9.80 Å². The summed E-state index contributed by atoms with van der Waals surface area (Å²) in [5, 5.41) is 0. The number of carbonyl (C=O) groups excluding carboxylic acids is 2. The highest BCUT2D eigenvalue weighted by atomic mass is 19.1. The zero-order valence-corrected chi connectivity index (χ0v) is 15.4. The molecule has 142 valence electrons. The average Bonchev–Trinajstić information content (AvgIpc) is 3.28. The van der Waals surface area contributed by atoms with Crippen LogP contribution in [0.15, 0.2) is 41.0 Å². The quantitative estimate of drug-likeness (QED) is 0.832. The molecule has 0 saturated carbocycles. The zero-order chi connectivity index (χ0) is 19.0. The topological polar surface area (TPSA) is 53.8 Å². The highest BCUT2D eigenvalue weighted by Gasteiger charge is 2.49. The number of nitrogens with zero attached hydrogens (tertiary/aromatic N) is 2. The van der Waals surface area contributed by atoms with Crippen molar-refractivity contribution in [3.8, 4) is 0 Å². The lowest BCUT2D eigenvalue weighted by Crippen LogP contribution is -2.50.